The van der Waals surface area contributed by atoms with Crippen LogP contribution in [0.1, 0.15) is 47.3 Å². The number of rotatable bonds is 6. The van der Waals surface area contributed by atoms with E-state index in [1.807, 2.05) is 30.3 Å². The van der Waals surface area contributed by atoms with Gasteiger partial charge in [0.25, 0.3) is 5.91 Å². The normalized spacial score (nSPS) is 16.8. The van der Waals surface area contributed by atoms with Gasteiger partial charge in [0.1, 0.15) is 5.82 Å². The van der Waals surface area contributed by atoms with Gasteiger partial charge in [0.15, 0.2) is 9.84 Å². The van der Waals surface area contributed by atoms with Gasteiger partial charge >= 0.3 is 0 Å². The number of nitrogens with zero attached hydrogens (tertiary/aromatic N) is 4. The molecule has 41 heavy (non-hydrogen) atoms. The summed E-state index contributed by atoms with van der Waals surface area (Å²) in [6, 6.07) is 16.6. The van der Waals surface area contributed by atoms with E-state index in [0.29, 0.717) is 16.8 Å². The number of amides is 1. The molecule has 0 radical (unpaired) electrons. The third-order valence-corrected chi connectivity index (χ3v) is 9.52. The van der Waals surface area contributed by atoms with Crippen LogP contribution >= 0.6 is 0 Å². The largest absolute Gasteiger partial charge is 0.355 e. The third kappa shape index (κ3) is 5.80. The molecule has 1 saturated heterocycles. The van der Waals surface area contributed by atoms with Gasteiger partial charge in [-0.1, -0.05) is 12.1 Å². The van der Waals surface area contributed by atoms with Crippen LogP contribution in [0.3, 0.4) is 0 Å². The number of pyridine rings is 3. The van der Waals surface area contributed by atoms with Crippen molar-refractivity contribution in [2.24, 2.45) is 0 Å². The van der Waals surface area contributed by atoms with E-state index >= 15 is 0 Å². The molecule has 10 heteroatoms. The lowest BCUT2D eigenvalue weighted by molar-refractivity contribution is 0.0950. The van der Waals surface area contributed by atoms with Crippen molar-refractivity contribution in [3.05, 3.63) is 77.6 Å². The lowest BCUT2D eigenvalue weighted by atomic mass is 9.74. The summed E-state index contributed by atoms with van der Waals surface area (Å²) < 4.78 is 24.1. The fraction of sp³-hybridized carbons (Fsp3) is 0.355. The number of hydrogen-bond donors (Lipinski definition) is 2. The van der Waals surface area contributed by atoms with Gasteiger partial charge in [-0.25, -0.2) is 18.4 Å². The zero-order valence-corrected chi connectivity index (χ0v) is 24.2. The molecule has 1 amide bonds. The van der Waals surface area contributed by atoms with E-state index in [1.54, 1.807) is 25.3 Å². The average molecular weight is 571 g/mol. The summed E-state index contributed by atoms with van der Waals surface area (Å²) in [6.07, 6.45) is 7.88. The highest BCUT2D eigenvalue weighted by Gasteiger charge is 2.37. The van der Waals surface area contributed by atoms with Crippen molar-refractivity contribution in [3.63, 3.8) is 0 Å². The van der Waals surface area contributed by atoms with Crippen LogP contribution in [0.5, 0.6) is 0 Å². The van der Waals surface area contributed by atoms with Crippen molar-refractivity contribution in [2.45, 2.75) is 49.6 Å². The number of benzene rings is 1. The molecule has 2 N–H and O–H groups in total. The maximum absolute atomic E-state index is 12.8. The third-order valence-electron chi connectivity index (χ3n) is 8.28. The van der Waals surface area contributed by atoms with Crippen molar-refractivity contribution >= 4 is 32.5 Å². The first-order valence-electron chi connectivity index (χ1n) is 14.0. The predicted octanol–water partition coefficient (Wildman–Crippen LogP) is 4.06. The number of aryl methyl sites for hydroxylation is 1. The maximum atomic E-state index is 12.8. The first-order valence-corrected chi connectivity index (χ1v) is 15.9. The summed E-state index contributed by atoms with van der Waals surface area (Å²) in [4.78, 5) is 29.6. The van der Waals surface area contributed by atoms with Gasteiger partial charge in [0.05, 0.1) is 34.0 Å². The summed E-state index contributed by atoms with van der Waals surface area (Å²) >= 11 is 0. The summed E-state index contributed by atoms with van der Waals surface area (Å²) in [5.41, 5.74) is 4.21. The van der Waals surface area contributed by atoms with Gasteiger partial charge in [0.2, 0.25) is 0 Å². The van der Waals surface area contributed by atoms with Gasteiger partial charge in [-0.15, -0.1) is 0 Å². The smallest absolute Gasteiger partial charge is 0.251 e. The maximum Gasteiger partial charge on any atom is 0.251 e. The number of sulfone groups is 1. The van der Waals surface area contributed by atoms with Crippen molar-refractivity contribution in [2.75, 3.05) is 30.8 Å². The van der Waals surface area contributed by atoms with E-state index in [9.17, 15) is 13.2 Å². The Balaban J connectivity index is 1.18. The van der Waals surface area contributed by atoms with Crippen LogP contribution in [-0.4, -0.2) is 60.7 Å². The molecule has 1 aromatic carbocycles. The Morgan fingerprint density at radius 1 is 1.02 bits per heavy atom. The molecule has 9 nitrogen and oxygen atoms in total. The second-order valence-corrected chi connectivity index (χ2v) is 13.2. The molecule has 4 heterocycles. The molecule has 0 unspecified atom stereocenters. The average Bonchev–Trinajstić information content (AvgIpc) is 3.19. The summed E-state index contributed by atoms with van der Waals surface area (Å²) in [6.45, 7) is 4.78. The Morgan fingerprint density at radius 3 is 2.63 bits per heavy atom. The van der Waals surface area contributed by atoms with E-state index < -0.39 is 9.84 Å². The zero-order chi connectivity index (χ0) is 28.6. The van der Waals surface area contributed by atoms with Crippen LogP contribution in [0.2, 0.25) is 0 Å². The Labute approximate surface area is 240 Å². The standard InChI is InChI=1S/C31H34N6O3S/c1-21-7-8-22(17-28(21)41(2,39)40)30(38)33-20-24-18-27-23(19-32-24)9-10-26(35-27)25-5-3-6-29(36-25)37-15-13-31(11-4-12-31)34-14-16-37/h3,5-10,17-19,34H,4,11-16,20H2,1-2H3,(H,33,38). The minimum atomic E-state index is -3.43. The Bertz CT molecular complexity index is 1740. The van der Waals surface area contributed by atoms with Crippen LogP contribution < -0.4 is 15.5 Å². The van der Waals surface area contributed by atoms with Crippen LogP contribution in [-0.2, 0) is 16.4 Å². The Hall–Kier alpha value is -3.89. The van der Waals surface area contributed by atoms with Crippen molar-refractivity contribution in [3.8, 4) is 11.4 Å². The molecule has 2 fully saturated rings. The molecule has 2 aliphatic rings. The number of nitrogens with one attached hydrogen (secondary N) is 2. The molecular formula is C31H34N6O3S. The minimum absolute atomic E-state index is 0.151. The second kappa shape index (κ2) is 10.8. The second-order valence-electron chi connectivity index (χ2n) is 11.2. The van der Waals surface area contributed by atoms with Crippen LogP contribution in [0, 0.1) is 6.92 Å². The SMILES string of the molecule is Cc1ccc(C(=O)NCc2cc3nc(-c4cccc(N5CCNC6(CCC6)CC5)n4)ccc3cn2)cc1S(C)(=O)=O. The van der Waals surface area contributed by atoms with Gasteiger partial charge < -0.3 is 15.5 Å². The number of carbonyl (C=O) groups excluding carboxylic acids is 1. The number of anilines is 1. The van der Waals surface area contributed by atoms with Crippen molar-refractivity contribution in [1.29, 1.82) is 0 Å². The lowest BCUT2D eigenvalue weighted by Gasteiger charge is -2.42. The first-order chi connectivity index (χ1) is 19.7. The van der Waals surface area contributed by atoms with E-state index in [4.69, 9.17) is 9.97 Å². The quantitative estimate of drug-likeness (QED) is 0.357. The lowest BCUT2D eigenvalue weighted by Crippen LogP contribution is -2.50. The molecule has 3 aromatic heterocycles. The van der Waals surface area contributed by atoms with E-state index in [0.717, 1.165) is 60.4 Å². The number of aromatic nitrogens is 3. The first kappa shape index (κ1) is 27.3. The van der Waals surface area contributed by atoms with Crippen molar-refractivity contribution < 1.29 is 13.2 Å². The van der Waals surface area contributed by atoms with Gasteiger partial charge in [-0.05, 0) is 80.6 Å². The van der Waals surface area contributed by atoms with Crippen LogP contribution in [0.4, 0.5) is 5.82 Å². The van der Waals surface area contributed by atoms with Gasteiger partial charge in [0, 0.05) is 48.6 Å². The van der Waals surface area contributed by atoms with Crippen LogP contribution in [0.15, 0.2) is 65.7 Å². The molecule has 1 spiro atoms. The number of carbonyl (C=O) groups is 1. The van der Waals surface area contributed by atoms with Crippen LogP contribution in [0.25, 0.3) is 22.3 Å². The fourth-order valence-electron chi connectivity index (χ4n) is 5.72. The van der Waals surface area contributed by atoms with Gasteiger partial charge in [-0.3, -0.25) is 9.78 Å². The molecule has 1 aliphatic carbocycles. The van der Waals surface area contributed by atoms with Crippen molar-refractivity contribution in [1.82, 2.24) is 25.6 Å². The highest BCUT2D eigenvalue weighted by molar-refractivity contribution is 7.90. The Morgan fingerprint density at radius 2 is 1.85 bits per heavy atom. The molecule has 6 rings (SSSR count). The Kier molecular flexibility index (Phi) is 7.21. The highest BCUT2D eigenvalue weighted by atomic mass is 32.2. The molecule has 212 valence electrons. The van der Waals surface area contributed by atoms with E-state index in [2.05, 4.69) is 26.6 Å². The molecule has 0 atom stereocenters. The predicted molar refractivity (Wildman–Crippen MR) is 160 cm³/mol. The molecule has 4 aromatic rings. The monoisotopic (exact) mass is 570 g/mol. The topological polar surface area (TPSA) is 117 Å². The molecular weight excluding hydrogens is 536 g/mol. The van der Waals surface area contributed by atoms with Gasteiger partial charge in [-0.2, -0.15) is 0 Å². The number of fused-ring (bicyclic) bond motifs is 1. The molecule has 0 bridgehead atoms. The molecule has 1 saturated carbocycles. The summed E-state index contributed by atoms with van der Waals surface area (Å²) in [5, 5.41) is 7.49. The fourth-order valence-corrected chi connectivity index (χ4v) is 6.71. The summed E-state index contributed by atoms with van der Waals surface area (Å²) in [7, 11) is -3.43. The summed E-state index contributed by atoms with van der Waals surface area (Å²) in [5.74, 6) is 0.599. The number of hydrogen-bond acceptors (Lipinski definition) is 8. The molecule has 1 aliphatic heterocycles. The zero-order valence-electron chi connectivity index (χ0n) is 23.4. The minimum Gasteiger partial charge on any atom is -0.355 e. The van der Waals surface area contributed by atoms with E-state index in [1.165, 1.54) is 25.3 Å². The highest BCUT2D eigenvalue weighted by Crippen LogP contribution is 2.36. The van der Waals surface area contributed by atoms with E-state index in [-0.39, 0.29) is 22.9 Å².